The van der Waals surface area contributed by atoms with E-state index in [2.05, 4.69) is 35.0 Å². The topological polar surface area (TPSA) is 12.0 Å². The highest BCUT2D eigenvalue weighted by molar-refractivity contribution is 7.20. The van der Waals surface area contributed by atoms with E-state index in [1.165, 1.54) is 27.0 Å². The average molecular weight is 342 g/mol. The molecule has 0 aliphatic heterocycles. The fourth-order valence-corrected chi connectivity index (χ4v) is 4.92. The summed E-state index contributed by atoms with van der Waals surface area (Å²) in [6.07, 6.45) is 0.910. The molecule has 2 aromatic heterocycles. The fraction of sp³-hybridized carbons (Fsp3) is 0.200. The zero-order chi connectivity index (χ0) is 14.1. The molecule has 20 heavy (non-hydrogen) atoms. The van der Waals surface area contributed by atoms with E-state index in [1.54, 1.807) is 11.3 Å². The Bertz CT molecular complexity index is 732. The standard InChI is InChI=1S/C15H13Cl2NS2/c1-18-12(11-7-14(16)20-15(11)17)6-9-8-19-13-5-3-2-4-10(9)13/h2-5,7-8,12,18H,6H2,1H3. The van der Waals surface area contributed by atoms with Crippen molar-refractivity contribution in [1.29, 1.82) is 0 Å². The molecule has 1 N–H and O–H groups in total. The quantitative estimate of drug-likeness (QED) is 0.634. The lowest BCUT2D eigenvalue weighted by atomic mass is 10.0. The molecule has 3 aromatic rings. The van der Waals surface area contributed by atoms with Crippen molar-refractivity contribution in [3.63, 3.8) is 0 Å². The van der Waals surface area contributed by atoms with Gasteiger partial charge in [-0.1, -0.05) is 41.4 Å². The van der Waals surface area contributed by atoms with Gasteiger partial charge in [-0.2, -0.15) is 0 Å². The molecular weight excluding hydrogens is 329 g/mol. The van der Waals surface area contributed by atoms with E-state index in [9.17, 15) is 0 Å². The van der Waals surface area contributed by atoms with Crippen LogP contribution in [0.1, 0.15) is 17.2 Å². The molecule has 0 saturated heterocycles. The van der Waals surface area contributed by atoms with Crippen molar-refractivity contribution < 1.29 is 0 Å². The van der Waals surface area contributed by atoms with Gasteiger partial charge in [0.15, 0.2) is 0 Å². The van der Waals surface area contributed by atoms with Gasteiger partial charge in [0.2, 0.25) is 0 Å². The molecule has 1 atom stereocenters. The Hall–Kier alpha value is -0.580. The summed E-state index contributed by atoms with van der Waals surface area (Å²) in [6.45, 7) is 0. The number of fused-ring (bicyclic) bond motifs is 1. The lowest BCUT2D eigenvalue weighted by molar-refractivity contribution is 0.597. The highest BCUT2D eigenvalue weighted by Crippen LogP contribution is 2.37. The van der Waals surface area contributed by atoms with Crippen LogP contribution in [0.5, 0.6) is 0 Å². The third-order valence-electron chi connectivity index (χ3n) is 3.39. The maximum Gasteiger partial charge on any atom is 0.0992 e. The SMILES string of the molecule is CNC(Cc1csc2ccccc12)c1cc(Cl)sc1Cl. The first-order chi connectivity index (χ1) is 9.69. The summed E-state index contributed by atoms with van der Waals surface area (Å²) in [7, 11) is 1.96. The van der Waals surface area contributed by atoms with Gasteiger partial charge in [0.05, 0.1) is 8.67 Å². The van der Waals surface area contributed by atoms with Gasteiger partial charge >= 0.3 is 0 Å². The molecule has 0 spiro atoms. The van der Waals surface area contributed by atoms with Crippen molar-refractivity contribution in [2.24, 2.45) is 0 Å². The van der Waals surface area contributed by atoms with Gasteiger partial charge in [0.25, 0.3) is 0 Å². The van der Waals surface area contributed by atoms with Crippen LogP contribution in [0.2, 0.25) is 8.67 Å². The Kier molecular flexibility index (Phi) is 4.34. The maximum atomic E-state index is 6.27. The summed E-state index contributed by atoms with van der Waals surface area (Å²) in [5.41, 5.74) is 2.43. The van der Waals surface area contributed by atoms with Crippen LogP contribution in [0, 0.1) is 0 Å². The molecule has 104 valence electrons. The Morgan fingerprint density at radius 2 is 2.05 bits per heavy atom. The van der Waals surface area contributed by atoms with E-state index in [1.807, 2.05) is 13.1 Å². The van der Waals surface area contributed by atoms with Crippen LogP contribution in [0.3, 0.4) is 0 Å². The van der Waals surface area contributed by atoms with E-state index in [4.69, 9.17) is 23.2 Å². The van der Waals surface area contributed by atoms with E-state index in [-0.39, 0.29) is 6.04 Å². The molecule has 0 aliphatic rings. The minimum atomic E-state index is 0.184. The van der Waals surface area contributed by atoms with Crippen LogP contribution in [0.15, 0.2) is 35.7 Å². The van der Waals surface area contributed by atoms with Crippen LogP contribution >= 0.6 is 45.9 Å². The number of likely N-dealkylation sites (N-methyl/N-ethyl adjacent to an activating group) is 1. The summed E-state index contributed by atoms with van der Waals surface area (Å²) in [4.78, 5) is 0. The summed E-state index contributed by atoms with van der Waals surface area (Å²) in [5.74, 6) is 0. The number of hydrogen-bond acceptors (Lipinski definition) is 3. The number of thiophene rings is 2. The molecule has 3 rings (SSSR count). The van der Waals surface area contributed by atoms with Crippen LogP contribution in [0.25, 0.3) is 10.1 Å². The summed E-state index contributed by atoms with van der Waals surface area (Å²) >= 11 is 15.5. The minimum absolute atomic E-state index is 0.184. The largest absolute Gasteiger partial charge is 0.313 e. The molecular formula is C15H13Cl2NS2. The summed E-state index contributed by atoms with van der Waals surface area (Å²) < 4.78 is 2.83. The second-order valence-corrected chi connectivity index (χ2v) is 7.78. The van der Waals surface area contributed by atoms with Gasteiger partial charge in [-0.05, 0) is 41.9 Å². The highest BCUT2D eigenvalue weighted by Gasteiger charge is 2.18. The van der Waals surface area contributed by atoms with Crippen molar-refractivity contribution >= 4 is 56.0 Å². The van der Waals surface area contributed by atoms with Gasteiger partial charge in [0.1, 0.15) is 0 Å². The molecule has 5 heteroatoms. The van der Waals surface area contributed by atoms with Crippen molar-refractivity contribution in [2.75, 3.05) is 7.05 Å². The van der Waals surface area contributed by atoms with Crippen LogP contribution in [-0.2, 0) is 6.42 Å². The van der Waals surface area contributed by atoms with E-state index in [0.717, 1.165) is 20.7 Å². The third-order valence-corrected chi connectivity index (χ3v) is 5.92. The van der Waals surface area contributed by atoms with Crippen molar-refractivity contribution in [1.82, 2.24) is 5.32 Å². The molecule has 0 radical (unpaired) electrons. The molecule has 0 saturated carbocycles. The molecule has 1 unspecified atom stereocenters. The first-order valence-corrected chi connectivity index (χ1v) is 8.71. The first-order valence-electron chi connectivity index (χ1n) is 6.26. The van der Waals surface area contributed by atoms with Gasteiger partial charge in [-0.15, -0.1) is 22.7 Å². The van der Waals surface area contributed by atoms with Gasteiger partial charge < -0.3 is 5.32 Å². The molecule has 0 amide bonds. The normalized spacial score (nSPS) is 12.9. The van der Waals surface area contributed by atoms with Crippen molar-refractivity contribution in [3.05, 3.63) is 55.5 Å². The predicted octanol–water partition coefficient (Wildman–Crippen LogP) is 5.77. The molecule has 0 aliphatic carbocycles. The number of halogens is 2. The smallest absolute Gasteiger partial charge is 0.0992 e. The number of hydrogen-bond donors (Lipinski definition) is 1. The molecule has 1 aromatic carbocycles. The van der Waals surface area contributed by atoms with E-state index < -0.39 is 0 Å². The molecule has 1 nitrogen and oxygen atoms in total. The Labute approximate surface area is 136 Å². The second kappa shape index (κ2) is 6.04. The zero-order valence-electron chi connectivity index (χ0n) is 10.8. The van der Waals surface area contributed by atoms with Gasteiger partial charge in [-0.3, -0.25) is 0 Å². The van der Waals surface area contributed by atoms with Crippen LogP contribution in [0.4, 0.5) is 0 Å². The minimum Gasteiger partial charge on any atom is -0.313 e. The molecule has 2 heterocycles. The van der Waals surface area contributed by atoms with E-state index in [0.29, 0.717) is 0 Å². The summed E-state index contributed by atoms with van der Waals surface area (Å²) in [5, 5.41) is 6.91. The average Bonchev–Trinajstić information content (AvgIpc) is 3.00. The van der Waals surface area contributed by atoms with E-state index >= 15 is 0 Å². The Morgan fingerprint density at radius 1 is 1.25 bits per heavy atom. The number of nitrogens with one attached hydrogen (secondary N) is 1. The zero-order valence-corrected chi connectivity index (χ0v) is 14.0. The predicted molar refractivity (Wildman–Crippen MR) is 91.7 cm³/mol. The monoisotopic (exact) mass is 341 g/mol. The van der Waals surface area contributed by atoms with Crippen LogP contribution in [-0.4, -0.2) is 7.05 Å². The maximum absolute atomic E-state index is 6.27. The number of benzene rings is 1. The second-order valence-electron chi connectivity index (χ2n) is 4.58. The third kappa shape index (κ3) is 2.74. The molecule has 0 bridgehead atoms. The Morgan fingerprint density at radius 3 is 2.75 bits per heavy atom. The van der Waals surface area contributed by atoms with Crippen molar-refractivity contribution in [3.8, 4) is 0 Å². The van der Waals surface area contributed by atoms with Crippen LogP contribution < -0.4 is 5.32 Å². The lowest BCUT2D eigenvalue weighted by Gasteiger charge is -2.15. The lowest BCUT2D eigenvalue weighted by Crippen LogP contribution is -2.18. The van der Waals surface area contributed by atoms with Crippen molar-refractivity contribution in [2.45, 2.75) is 12.5 Å². The fourth-order valence-electron chi connectivity index (χ4n) is 2.37. The highest BCUT2D eigenvalue weighted by atomic mass is 35.5. The molecule has 0 fully saturated rings. The van der Waals surface area contributed by atoms with Gasteiger partial charge in [0, 0.05) is 16.3 Å². The first kappa shape index (κ1) is 14.4. The summed E-state index contributed by atoms with van der Waals surface area (Å²) in [6, 6.07) is 10.6. The Balaban J connectivity index is 1.94. The van der Waals surface area contributed by atoms with Gasteiger partial charge in [-0.25, -0.2) is 0 Å². The number of rotatable bonds is 4.